The van der Waals surface area contributed by atoms with Crippen LogP contribution >= 0.6 is 0 Å². The number of benzene rings is 3. The van der Waals surface area contributed by atoms with Crippen molar-refractivity contribution in [2.24, 2.45) is 0 Å². The fourth-order valence-electron chi connectivity index (χ4n) is 9.06. The van der Waals surface area contributed by atoms with Gasteiger partial charge in [-0.3, -0.25) is 13.7 Å². The summed E-state index contributed by atoms with van der Waals surface area (Å²) in [6.07, 6.45) is 9.75. The highest BCUT2D eigenvalue weighted by molar-refractivity contribution is 7.92. The van der Waals surface area contributed by atoms with E-state index in [1.807, 2.05) is 49.3 Å². The lowest BCUT2D eigenvalue weighted by Crippen LogP contribution is -2.28. The van der Waals surface area contributed by atoms with Crippen molar-refractivity contribution in [1.82, 2.24) is 0 Å². The number of carboxylic acid groups (broad SMARTS) is 1. The Hall–Kier alpha value is -4.50. The van der Waals surface area contributed by atoms with E-state index in [0.717, 1.165) is 28.5 Å². The van der Waals surface area contributed by atoms with Crippen molar-refractivity contribution >= 4 is 63.2 Å². The molecular weight excluding hydrogens is 845 g/mol. The van der Waals surface area contributed by atoms with Gasteiger partial charge in [0, 0.05) is 58.6 Å². The maximum absolute atomic E-state index is 14.1. The van der Waals surface area contributed by atoms with Gasteiger partial charge in [0.05, 0.1) is 37.2 Å². The molecule has 3 aliphatic heterocycles. The van der Waals surface area contributed by atoms with Crippen LogP contribution in [0.4, 0.5) is 11.4 Å². The largest absolute Gasteiger partial charge is 0.478 e. The molecule has 0 amide bonds. The van der Waals surface area contributed by atoms with Gasteiger partial charge in [0.2, 0.25) is 15.5 Å². The van der Waals surface area contributed by atoms with Crippen LogP contribution < -0.4 is 4.90 Å². The van der Waals surface area contributed by atoms with E-state index >= 15 is 0 Å². The summed E-state index contributed by atoms with van der Waals surface area (Å²) < 4.78 is 130. The van der Waals surface area contributed by atoms with E-state index in [0.29, 0.717) is 46.6 Å². The van der Waals surface area contributed by atoms with Crippen LogP contribution in [0.2, 0.25) is 0 Å². The summed E-state index contributed by atoms with van der Waals surface area (Å²) in [5, 5.41) is 9.67. The molecule has 1 aliphatic carbocycles. The number of nitrogens with zero attached hydrogens (tertiary/aromatic N) is 2. The number of allylic oxidation sites excluding steroid dienone is 6. The number of hydrogen-bond donors (Lipinski definition) is 4. The molecule has 0 radical (unpaired) electrons. The first-order valence-electron chi connectivity index (χ1n) is 18.6. The van der Waals surface area contributed by atoms with E-state index < -0.39 is 73.4 Å². The zero-order chi connectivity index (χ0) is 43.2. The zero-order valence-corrected chi connectivity index (χ0v) is 35.8. The highest BCUT2D eigenvalue weighted by Gasteiger charge is 2.49. The first kappa shape index (κ1) is 42.6. The molecule has 0 saturated heterocycles. The van der Waals surface area contributed by atoms with E-state index in [9.17, 15) is 57.2 Å². The number of carboxylic acids is 1. The molecule has 15 nitrogen and oxygen atoms in total. The number of carbonyl (C=O) groups is 1. The molecular formula is C40H43N2O13S4+. The third kappa shape index (κ3) is 7.51. The third-order valence-electron chi connectivity index (χ3n) is 11.6. The molecule has 314 valence electrons. The van der Waals surface area contributed by atoms with Gasteiger partial charge in [-0.05, 0) is 86.2 Å². The average Bonchev–Trinajstić information content (AvgIpc) is 3.57. The molecule has 0 unspecified atom stereocenters. The summed E-state index contributed by atoms with van der Waals surface area (Å²) in [6.45, 7) is 8.10. The summed E-state index contributed by atoms with van der Waals surface area (Å²) in [4.78, 5) is 12.9. The third-order valence-corrected chi connectivity index (χ3v) is 15.8. The lowest BCUT2D eigenvalue weighted by atomic mass is 9.75. The van der Waals surface area contributed by atoms with Crippen LogP contribution in [0.3, 0.4) is 0 Å². The highest BCUT2D eigenvalue weighted by Crippen LogP contribution is 2.59. The molecule has 19 heteroatoms. The average molecular weight is 888 g/mol. The maximum Gasteiger partial charge on any atom is 0.335 e. The van der Waals surface area contributed by atoms with Crippen LogP contribution in [-0.2, 0) is 63.9 Å². The van der Waals surface area contributed by atoms with E-state index in [4.69, 9.17) is 0 Å². The van der Waals surface area contributed by atoms with E-state index in [2.05, 4.69) is 0 Å². The molecule has 4 N–H and O–H groups in total. The molecule has 0 bridgehead atoms. The fourth-order valence-corrected chi connectivity index (χ4v) is 12.5. The van der Waals surface area contributed by atoms with Crippen molar-refractivity contribution < 1.29 is 61.8 Å². The number of anilines is 1. The van der Waals surface area contributed by atoms with Crippen molar-refractivity contribution in [2.45, 2.75) is 78.9 Å². The van der Waals surface area contributed by atoms with Crippen LogP contribution in [0, 0.1) is 0 Å². The second-order valence-electron chi connectivity index (χ2n) is 16.1. The summed E-state index contributed by atoms with van der Waals surface area (Å²) in [5.41, 5.74) is 5.05. The lowest BCUT2D eigenvalue weighted by Gasteiger charge is -2.28. The van der Waals surface area contributed by atoms with Gasteiger partial charge in [0.15, 0.2) is 5.71 Å². The number of hydrogen-bond acceptors (Lipinski definition) is 10. The summed E-state index contributed by atoms with van der Waals surface area (Å²) in [5.74, 6) is -2.10. The van der Waals surface area contributed by atoms with Crippen LogP contribution in [0.25, 0.3) is 11.1 Å². The topological polar surface area (TPSA) is 241 Å². The van der Waals surface area contributed by atoms with Crippen molar-refractivity contribution in [2.75, 3.05) is 29.5 Å². The van der Waals surface area contributed by atoms with E-state index in [1.54, 1.807) is 30.4 Å². The monoisotopic (exact) mass is 887 g/mol. The fraction of sp³-hybridized carbons (Fsp3) is 0.350. The molecule has 3 heterocycles. The minimum Gasteiger partial charge on any atom is -0.478 e. The van der Waals surface area contributed by atoms with Crippen LogP contribution in [-0.4, -0.2) is 93.3 Å². The highest BCUT2D eigenvalue weighted by atomic mass is 32.2. The molecule has 59 heavy (non-hydrogen) atoms. The Labute approximate surface area is 343 Å². The van der Waals surface area contributed by atoms with Crippen LogP contribution in [0.15, 0.2) is 87.2 Å². The molecule has 0 aromatic heterocycles. The molecule has 4 aliphatic rings. The number of aromatic carboxylic acids is 1. The van der Waals surface area contributed by atoms with Crippen LogP contribution in [0.5, 0.6) is 0 Å². The van der Waals surface area contributed by atoms with Gasteiger partial charge in [0.1, 0.15) is 6.54 Å². The standard InChI is InChI=1S/C40H42N2O13S4/c1-39(2)28-21-25(38(43)44)13-15-29(28)41(16-8-18-56(45,46)47)33(39)10-6-5-7-11-34-40(3,4)37-27-14-12-24-20-26(59(53,54)55)22-31-35(24)36(27)32(58(31,51)52)23-30(37)42(34)17-9-19-57(48,49)50/h5-7,10-11,13,15,20-23H,8-9,12,14,16-19H2,1-4H3,(H3-,43,44,45,46,47,48,49,50,53,54,55)/p+1. The Morgan fingerprint density at radius 2 is 1.49 bits per heavy atom. The Morgan fingerprint density at radius 1 is 0.831 bits per heavy atom. The number of fused-ring (bicyclic) bond motifs is 3. The molecule has 0 saturated carbocycles. The molecule has 7 rings (SSSR count). The normalized spacial score (nSPS) is 19.2. The minimum absolute atomic E-state index is 0.00153. The van der Waals surface area contributed by atoms with Crippen molar-refractivity contribution in [1.29, 1.82) is 0 Å². The number of sulfone groups is 1. The number of rotatable bonds is 13. The Balaban J connectivity index is 1.29. The predicted octanol–water partition coefficient (Wildman–Crippen LogP) is 5.27. The number of aryl methyl sites for hydroxylation is 1. The SMILES string of the molecule is CC1(C)C(/C=C/C=C/C=C2\N(CCCS(=O)(=O)O)c3cc4c5c(c3C2(C)C)CCc2cc(S(=O)(=O)O)cc(c2-5)S4(=O)=O)=[N+](CCCS(=O)(=O)O)c2ccc(C(=O)O)cc21. The van der Waals surface area contributed by atoms with E-state index in [-0.39, 0.29) is 41.3 Å². The first-order valence-corrected chi connectivity index (χ1v) is 24.8. The Morgan fingerprint density at radius 3 is 2.14 bits per heavy atom. The minimum atomic E-state index is -4.71. The van der Waals surface area contributed by atoms with Gasteiger partial charge >= 0.3 is 5.97 Å². The molecule has 3 aromatic carbocycles. The second kappa shape index (κ2) is 14.3. The zero-order valence-electron chi connectivity index (χ0n) is 32.5. The maximum atomic E-state index is 14.1. The Kier molecular flexibility index (Phi) is 10.3. The summed E-state index contributed by atoms with van der Waals surface area (Å²) >= 11 is 0. The lowest BCUT2D eigenvalue weighted by molar-refractivity contribution is -0.437. The molecule has 3 aromatic rings. The second-order valence-corrected chi connectivity index (χ2v) is 22.6. The van der Waals surface area contributed by atoms with Gasteiger partial charge in [-0.25, -0.2) is 13.2 Å². The van der Waals surface area contributed by atoms with Gasteiger partial charge in [-0.2, -0.15) is 29.8 Å². The summed E-state index contributed by atoms with van der Waals surface area (Å²) in [6, 6.07) is 8.57. The van der Waals surface area contributed by atoms with Crippen molar-refractivity contribution in [3.63, 3.8) is 0 Å². The predicted molar refractivity (Wildman–Crippen MR) is 220 cm³/mol. The van der Waals surface area contributed by atoms with Crippen LogP contribution in [0.1, 0.15) is 73.1 Å². The first-order chi connectivity index (χ1) is 27.2. The smallest absolute Gasteiger partial charge is 0.335 e. The van der Waals surface area contributed by atoms with Crippen molar-refractivity contribution in [3.8, 4) is 11.1 Å². The van der Waals surface area contributed by atoms with E-state index in [1.165, 1.54) is 18.2 Å². The quantitative estimate of drug-likeness (QED) is 0.0760. The van der Waals surface area contributed by atoms with Gasteiger partial charge < -0.3 is 10.0 Å². The van der Waals surface area contributed by atoms with Crippen molar-refractivity contribution in [3.05, 3.63) is 100 Å². The summed E-state index contributed by atoms with van der Waals surface area (Å²) in [7, 11) is -17.5. The van der Waals surface area contributed by atoms with Gasteiger partial charge in [-0.15, -0.1) is 0 Å². The molecule has 0 spiro atoms. The van der Waals surface area contributed by atoms with Gasteiger partial charge in [-0.1, -0.05) is 32.1 Å². The molecule has 0 atom stereocenters. The molecule has 0 fully saturated rings. The Bertz CT molecular complexity index is 2960. The van der Waals surface area contributed by atoms with Gasteiger partial charge in [0.25, 0.3) is 30.4 Å².